The lowest BCUT2D eigenvalue weighted by atomic mass is 10.1. The Labute approximate surface area is 145 Å². The molecule has 0 heterocycles. The van der Waals surface area contributed by atoms with Gasteiger partial charge in [0.1, 0.15) is 6.04 Å². The van der Waals surface area contributed by atoms with Crippen LogP contribution in [0.1, 0.15) is 24.8 Å². The highest BCUT2D eigenvalue weighted by Gasteiger charge is 2.30. The first-order valence-corrected chi connectivity index (χ1v) is 9.06. The van der Waals surface area contributed by atoms with E-state index in [9.17, 15) is 14.4 Å². The molecule has 24 heavy (non-hydrogen) atoms. The van der Waals surface area contributed by atoms with Crippen molar-refractivity contribution in [3.8, 4) is 0 Å². The van der Waals surface area contributed by atoms with E-state index in [0.29, 0.717) is 18.0 Å². The number of amides is 2. The molecule has 6 nitrogen and oxygen atoms in total. The Morgan fingerprint density at radius 2 is 1.79 bits per heavy atom. The van der Waals surface area contributed by atoms with Crippen LogP contribution in [0.15, 0.2) is 24.3 Å². The van der Waals surface area contributed by atoms with Crippen molar-refractivity contribution in [2.24, 2.45) is 5.92 Å². The second-order valence-corrected chi connectivity index (χ2v) is 7.03. The zero-order chi connectivity index (χ0) is 17.5. The summed E-state index contributed by atoms with van der Waals surface area (Å²) >= 11 is 1.16. The molecule has 1 unspecified atom stereocenters. The van der Waals surface area contributed by atoms with Crippen LogP contribution >= 0.6 is 11.8 Å². The number of carbonyl (C=O) groups excluding carboxylic acids is 2. The van der Waals surface area contributed by atoms with Crippen LogP contribution in [0.3, 0.4) is 0 Å². The number of carboxylic acid groups (broad SMARTS) is 1. The number of aryl methyl sites for hydroxylation is 1. The van der Waals surface area contributed by atoms with Crippen molar-refractivity contribution >= 4 is 35.2 Å². The third-order valence-electron chi connectivity index (χ3n) is 3.70. The number of anilines is 1. The van der Waals surface area contributed by atoms with Crippen molar-refractivity contribution in [1.82, 2.24) is 5.32 Å². The predicted molar refractivity (Wildman–Crippen MR) is 94.0 cm³/mol. The van der Waals surface area contributed by atoms with Crippen LogP contribution in [-0.2, 0) is 14.4 Å². The van der Waals surface area contributed by atoms with Gasteiger partial charge in [-0.25, -0.2) is 4.79 Å². The fourth-order valence-electron chi connectivity index (χ4n) is 2.21. The van der Waals surface area contributed by atoms with Gasteiger partial charge >= 0.3 is 5.97 Å². The van der Waals surface area contributed by atoms with Gasteiger partial charge in [-0.3, -0.25) is 9.59 Å². The summed E-state index contributed by atoms with van der Waals surface area (Å²) in [7, 11) is 0. The maximum atomic E-state index is 11.8. The number of rotatable bonds is 9. The van der Waals surface area contributed by atoms with Crippen LogP contribution in [0.2, 0.25) is 0 Å². The lowest BCUT2D eigenvalue weighted by Crippen LogP contribution is -2.42. The minimum absolute atomic E-state index is 0.0652. The molecule has 3 N–H and O–H groups in total. The average Bonchev–Trinajstić information content (AvgIpc) is 3.33. The molecule has 1 fully saturated rings. The number of hydrogen-bond acceptors (Lipinski definition) is 4. The van der Waals surface area contributed by atoms with E-state index in [1.807, 2.05) is 31.2 Å². The van der Waals surface area contributed by atoms with Gasteiger partial charge in [-0.05, 0) is 31.4 Å². The Bertz CT molecular complexity index is 599. The standard InChI is InChI=1S/C17H22N2O4S/c1-11-2-6-13(7-3-11)18-15(20)9-24-10-16(21)19-14(17(22)23)8-12-4-5-12/h2-3,6-7,12,14H,4-5,8-10H2,1H3,(H,18,20)(H,19,21)(H,22,23). The van der Waals surface area contributed by atoms with Crippen molar-refractivity contribution in [2.45, 2.75) is 32.2 Å². The first-order valence-electron chi connectivity index (χ1n) is 7.90. The highest BCUT2D eigenvalue weighted by atomic mass is 32.2. The minimum atomic E-state index is -1.00. The number of benzene rings is 1. The van der Waals surface area contributed by atoms with Gasteiger partial charge in [0.05, 0.1) is 11.5 Å². The molecule has 1 aliphatic carbocycles. The summed E-state index contributed by atoms with van der Waals surface area (Å²) in [5.74, 6) is -0.922. The lowest BCUT2D eigenvalue weighted by Gasteiger charge is -2.13. The van der Waals surface area contributed by atoms with Gasteiger partial charge in [0.25, 0.3) is 0 Å². The first kappa shape index (κ1) is 18.3. The second kappa shape index (κ2) is 8.73. The van der Waals surface area contributed by atoms with Crippen LogP contribution in [0.5, 0.6) is 0 Å². The molecular weight excluding hydrogens is 328 g/mol. The molecule has 2 amide bonds. The maximum Gasteiger partial charge on any atom is 0.326 e. The van der Waals surface area contributed by atoms with Gasteiger partial charge in [-0.1, -0.05) is 30.5 Å². The highest BCUT2D eigenvalue weighted by Crippen LogP contribution is 2.33. The fraction of sp³-hybridized carbons (Fsp3) is 0.471. The third kappa shape index (κ3) is 6.62. The number of carboxylic acids is 1. The van der Waals surface area contributed by atoms with Crippen molar-refractivity contribution in [3.63, 3.8) is 0 Å². The van der Waals surface area contributed by atoms with Gasteiger partial charge < -0.3 is 15.7 Å². The Morgan fingerprint density at radius 1 is 1.17 bits per heavy atom. The third-order valence-corrected chi connectivity index (χ3v) is 4.63. The summed E-state index contributed by atoms with van der Waals surface area (Å²) in [4.78, 5) is 34.7. The molecule has 1 aromatic carbocycles. The molecule has 0 radical (unpaired) electrons. The number of nitrogens with one attached hydrogen (secondary N) is 2. The fourth-order valence-corrected chi connectivity index (χ4v) is 2.84. The second-order valence-electron chi connectivity index (χ2n) is 6.04. The summed E-state index contributed by atoms with van der Waals surface area (Å²) in [6.07, 6.45) is 2.56. The van der Waals surface area contributed by atoms with Crippen LogP contribution in [0.25, 0.3) is 0 Å². The van der Waals surface area contributed by atoms with Gasteiger partial charge in [0.2, 0.25) is 11.8 Å². The number of thioether (sulfide) groups is 1. The summed E-state index contributed by atoms with van der Waals surface area (Å²) < 4.78 is 0. The summed E-state index contributed by atoms with van der Waals surface area (Å²) in [6.45, 7) is 1.97. The van der Waals surface area contributed by atoms with Gasteiger partial charge in [0, 0.05) is 5.69 Å². The summed E-state index contributed by atoms with van der Waals surface area (Å²) in [6, 6.07) is 6.62. The molecule has 0 aromatic heterocycles. The normalized spacial score (nSPS) is 14.7. The molecule has 0 bridgehead atoms. The number of carbonyl (C=O) groups is 3. The van der Waals surface area contributed by atoms with E-state index in [-0.39, 0.29) is 23.3 Å². The molecule has 1 saturated carbocycles. The molecule has 0 saturated heterocycles. The van der Waals surface area contributed by atoms with Crippen LogP contribution in [0.4, 0.5) is 5.69 Å². The van der Waals surface area contributed by atoms with Crippen molar-refractivity contribution in [3.05, 3.63) is 29.8 Å². The van der Waals surface area contributed by atoms with Gasteiger partial charge in [-0.2, -0.15) is 0 Å². The smallest absolute Gasteiger partial charge is 0.326 e. The Balaban J connectivity index is 1.66. The molecule has 0 spiro atoms. The molecule has 0 aliphatic heterocycles. The molecule has 7 heteroatoms. The van der Waals surface area contributed by atoms with E-state index in [2.05, 4.69) is 10.6 Å². The van der Waals surface area contributed by atoms with Gasteiger partial charge in [0.15, 0.2) is 0 Å². The van der Waals surface area contributed by atoms with E-state index >= 15 is 0 Å². The largest absolute Gasteiger partial charge is 0.480 e. The van der Waals surface area contributed by atoms with Crippen molar-refractivity contribution < 1.29 is 19.5 Å². The molecule has 130 valence electrons. The first-order chi connectivity index (χ1) is 11.4. The average molecular weight is 350 g/mol. The molecule has 1 atom stereocenters. The molecular formula is C17H22N2O4S. The Hall–Kier alpha value is -2.02. The zero-order valence-electron chi connectivity index (χ0n) is 13.6. The zero-order valence-corrected chi connectivity index (χ0v) is 14.4. The van der Waals surface area contributed by atoms with Crippen molar-refractivity contribution in [2.75, 3.05) is 16.8 Å². The Kier molecular flexibility index (Phi) is 6.66. The van der Waals surface area contributed by atoms with E-state index in [0.717, 1.165) is 30.2 Å². The van der Waals surface area contributed by atoms with E-state index in [1.54, 1.807) is 0 Å². The molecule has 1 aromatic rings. The minimum Gasteiger partial charge on any atom is -0.480 e. The van der Waals surface area contributed by atoms with E-state index in [1.165, 1.54) is 0 Å². The Morgan fingerprint density at radius 3 is 2.38 bits per heavy atom. The number of hydrogen-bond donors (Lipinski definition) is 3. The quantitative estimate of drug-likeness (QED) is 0.633. The van der Waals surface area contributed by atoms with E-state index < -0.39 is 12.0 Å². The van der Waals surface area contributed by atoms with Crippen molar-refractivity contribution in [1.29, 1.82) is 0 Å². The monoisotopic (exact) mass is 350 g/mol. The molecule has 1 aliphatic rings. The SMILES string of the molecule is Cc1ccc(NC(=O)CSCC(=O)NC(CC2CC2)C(=O)O)cc1. The highest BCUT2D eigenvalue weighted by molar-refractivity contribution is 8.00. The number of aliphatic carboxylic acids is 1. The predicted octanol–water partition coefficient (Wildman–Crippen LogP) is 2.04. The van der Waals surface area contributed by atoms with Crippen LogP contribution < -0.4 is 10.6 Å². The van der Waals surface area contributed by atoms with Crippen LogP contribution in [-0.4, -0.2) is 40.4 Å². The summed E-state index contributed by atoms with van der Waals surface area (Å²) in [5.41, 5.74) is 1.82. The lowest BCUT2D eigenvalue weighted by molar-refractivity contribution is -0.141. The summed E-state index contributed by atoms with van der Waals surface area (Å²) in [5, 5.41) is 14.4. The topological polar surface area (TPSA) is 95.5 Å². The van der Waals surface area contributed by atoms with E-state index in [4.69, 9.17) is 5.11 Å². The van der Waals surface area contributed by atoms with Gasteiger partial charge in [-0.15, -0.1) is 11.8 Å². The maximum absolute atomic E-state index is 11.8. The van der Waals surface area contributed by atoms with Crippen LogP contribution in [0, 0.1) is 12.8 Å². The molecule has 2 rings (SSSR count).